The molecule has 0 spiro atoms. The zero-order valence-corrected chi connectivity index (χ0v) is 9.11. The van der Waals surface area contributed by atoms with Crippen LogP contribution in [0.25, 0.3) is 0 Å². The van der Waals surface area contributed by atoms with E-state index in [0.29, 0.717) is 17.1 Å². The van der Waals surface area contributed by atoms with E-state index >= 15 is 0 Å². The van der Waals surface area contributed by atoms with E-state index in [2.05, 4.69) is 0 Å². The Labute approximate surface area is 88.8 Å². The molecule has 88 valence electrons. The maximum absolute atomic E-state index is 11.0. The molecule has 0 saturated heterocycles. The number of hydrogen-bond acceptors (Lipinski definition) is 3. The normalized spacial score (nSPS) is 19.3. The fourth-order valence-electron chi connectivity index (χ4n) is 1.90. The van der Waals surface area contributed by atoms with Crippen molar-refractivity contribution in [2.45, 2.75) is 38.1 Å². The molecule has 0 aromatic carbocycles. The summed E-state index contributed by atoms with van der Waals surface area (Å²) in [4.78, 5) is 10.5. The van der Waals surface area contributed by atoms with Crippen LogP contribution < -0.4 is 0 Å². The Morgan fingerprint density at radius 2 is 1.80 bits per heavy atom. The van der Waals surface area contributed by atoms with Crippen LogP contribution >= 0.6 is 0 Å². The summed E-state index contributed by atoms with van der Waals surface area (Å²) in [5.41, 5.74) is 0. The Kier molecular flexibility index (Phi) is 4.06. The quantitative estimate of drug-likeness (QED) is 0.694. The summed E-state index contributed by atoms with van der Waals surface area (Å²) in [6, 6.07) is -0.371. The molecule has 2 N–H and O–H groups in total. The maximum atomic E-state index is 11.0. The summed E-state index contributed by atoms with van der Waals surface area (Å²) >= 11 is 0. The zero-order valence-electron chi connectivity index (χ0n) is 8.29. The first-order chi connectivity index (χ1) is 6.91. The van der Waals surface area contributed by atoms with Crippen LogP contribution in [0.3, 0.4) is 0 Å². The minimum atomic E-state index is -4.41. The van der Waals surface area contributed by atoms with E-state index in [0.717, 1.165) is 19.3 Å². The van der Waals surface area contributed by atoms with Gasteiger partial charge in [0.15, 0.2) is 0 Å². The number of carbonyl (C=O) groups is 1. The van der Waals surface area contributed by atoms with Crippen LogP contribution in [-0.4, -0.2) is 40.9 Å². The lowest BCUT2D eigenvalue weighted by atomic mass is 9.95. The van der Waals surface area contributed by atoms with E-state index in [1.54, 1.807) is 0 Å². The van der Waals surface area contributed by atoms with Gasteiger partial charge in [-0.1, -0.05) is 19.3 Å². The highest BCUT2D eigenvalue weighted by Crippen LogP contribution is 2.23. The molecule has 0 bridgehead atoms. The van der Waals surface area contributed by atoms with Crippen molar-refractivity contribution in [3.05, 3.63) is 0 Å². The summed E-state index contributed by atoms with van der Waals surface area (Å²) in [6.45, 7) is -0.663. The summed E-state index contributed by atoms with van der Waals surface area (Å²) in [7, 11) is -4.41. The van der Waals surface area contributed by atoms with Gasteiger partial charge in [-0.15, -0.1) is 0 Å². The largest absolute Gasteiger partial charge is 0.480 e. The minimum Gasteiger partial charge on any atom is -0.480 e. The van der Waals surface area contributed by atoms with Gasteiger partial charge in [0, 0.05) is 6.04 Å². The first-order valence-electron chi connectivity index (χ1n) is 4.87. The average molecular weight is 237 g/mol. The first kappa shape index (κ1) is 12.4. The molecule has 7 heteroatoms. The summed E-state index contributed by atoms with van der Waals surface area (Å²) in [5, 5.41) is 8.56. The van der Waals surface area contributed by atoms with E-state index < -0.39 is 22.8 Å². The molecule has 1 fully saturated rings. The predicted octanol–water partition coefficient (Wildman–Crippen LogP) is 0.509. The lowest BCUT2D eigenvalue weighted by Crippen LogP contribution is -2.43. The molecule has 0 unspecified atom stereocenters. The molecule has 0 aliphatic heterocycles. The first-order valence-corrected chi connectivity index (χ1v) is 6.27. The molecule has 15 heavy (non-hydrogen) atoms. The third-order valence-electron chi connectivity index (χ3n) is 2.57. The van der Waals surface area contributed by atoms with Gasteiger partial charge in [0.1, 0.15) is 6.54 Å². The molecule has 1 rings (SSSR count). The van der Waals surface area contributed by atoms with Crippen LogP contribution in [0, 0.1) is 0 Å². The smallest absolute Gasteiger partial charge is 0.336 e. The second kappa shape index (κ2) is 4.91. The lowest BCUT2D eigenvalue weighted by Gasteiger charge is -2.29. The van der Waals surface area contributed by atoms with Gasteiger partial charge in [-0.25, -0.2) is 0 Å². The van der Waals surface area contributed by atoms with Gasteiger partial charge in [-0.3, -0.25) is 9.35 Å². The van der Waals surface area contributed by atoms with Gasteiger partial charge in [-0.2, -0.15) is 12.7 Å². The third kappa shape index (κ3) is 3.77. The van der Waals surface area contributed by atoms with Crippen LogP contribution in [0.5, 0.6) is 0 Å². The van der Waals surface area contributed by atoms with E-state index in [-0.39, 0.29) is 6.04 Å². The van der Waals surface area contributed by atoms with Crippen molar-refractivity contribution in [1.82, 2.24) is 4.31 Å². The number of rotatable bonds is 4. The molecular formula is C8H15NO5S. The number of hydrogen-bond donors (Lipinski definition) is 2. The third-order valence-corrected chi connectivity index (χ3v) is 3.59. The highest BCUT2D eigenvalue weighted by molar-refractivity contribution is 7.83. The molecule has 1 aliphatic carbocycles. The fraction of sp³-hybridized carbons (Fsp3) is 0.875. The van der Waals surface area contributed by atoms with Gasteiger partial charge >= 0.3 is 16.3 Å². The Morgan fingerprint density at radius 1 is 1.27 bits per heavy atom. The van der Waals surface area contributed by atoms with Crippen LogP contribution in [0.15, 0.2) is 0 Å². The highest BCUT2D eigenvalue weighted by Gasteiger charge is 2.31. The molecule has 0 amide bonds. The monoisotopic (exact) mass is 237 g/mol. The number of carboxylic acid groups (broad SMARTS) is 1. The molecule has 0 radical (unpaired) electrons. The molecule has 6 nitrogen and oxygen atoms in total. The molecule has 0 aromatic heterocycles. The summed E-state index contributed by atoms with van der Waals surface area (Å²) in [6.07, 6.45) is 4.01. The van der Waals surface area contributed by atoms with Crippen molar-refractivity contribution < 1.29 is 22.9 Å². The van der Waals surface area contributed by atoms with Crippen molar-refractivity contribution >= 4 is 16.3 Å². The molecule has 0 atom stereocenters. The summed E-state index contributed by atoms with van der Waals surface area (Å²) in [5.74, 6) is -1.25. The van der Waals surface area contributed by atoms with Crippen molar-refractivity contribution in [2.24, 2.45) is 0 Å². The van der Waals surface area contributed by atoms with Crippen molar-refractivity contribution in [3.8, 4) is 0 Å². The van der Waals surface area contributed by atoms with Gasteiger partial charge in [0.05, 0.1) is 0 Å². The average Bonchev–Trinajstić information content (AvgIpc) is 2.14. The second-order valence-corrected chi connectivity index (χ2v) is 5.07. The molecule has 0 heterocycles. The van der Waals surface area contributed by atoms with Crippen LogP contribution in [-0.2, 0) is 15.1 Å². The lowest BCUT2D eigenvalue weighted by molar-refractivity contribution is -0.137. The number of carboxylic acids is 1. The van der Waals surface area contributed by atoms with E-state index in [1.165, 1.54) is 0 Å². The Morgan fingerprint density at radius 3 is 2.20 bits per heavy atom. The van der Waals surface area contributed by atoms with Crippen molar-refractivity contribution in [3.63, 3.8) is 0 Å². The van der Waals surface area contributed by atoms with Gasteiger partial charge in [0.25, 0.3) is 0 Å². The minimum absolute atomic E-state index is 0.371. The fourth-order valence-corrected chi connectivity index (χ4v) is 2.76. The SMILES string of the molecule is O=C(O)CN(C1CCCCC1)S(=O)(=O)O. The van der Waals surface area contributed by atoms with Crippen molar-refractivity contribution in [2.75, 3.05) is 6.54 Å². The molecule has 1 saturated carbocycles. The van der Waals surface area contributed by atoms with Gasteiger partial charge in [0.2, 0.25) is 0 Å². The van der Waals surface area contributed by atoms with E-state index in [9.17, 15) is 13.2 Å². The van der Waals surface area contributed by atoms with Crippen LogP contribution in [0.4, 0.5) is 0 Å². The standard InChI is InChI=1S/C8H15NO5S/c10-8(11)6-9(15(12,13)14)7-4-2-1-3-5-7/h7H,1-6H2,(H,10,11)(H,12,13,14). The van der Waals surface area contributed by atoms with E-state index in [1.807, 2.05) is 0 Å². The number of nitrogens with zero attached hydrogens (tertiary/aromatic N) is 1. The van der Waals surface area contributed by atoms with E-state index in [4.69, 9.17) is 9.66 Å². The molecule has 1 aliphatic rings. The Bertz CT molecular complexity index is 320. The molecule has 0 aromatic rings. The van der Waals surface area contributed by atoms with Crippen LogP contribution in [0.2, 0.25) is 0 Å². The van der Waals surface area contributed by atoms with Crippen LogP contribution in [0.1, 0.15) is 32.1 Å². The number of aliphatic carboxylic acids is 1. The zero-order chi connectivity index (χ0) is 11.5. The Balaban J connectivity index is 2.75. The van der Waals surface area contributed by atoms with Gasteiger partial charge in [-0.05, 0) is 12.8 Å². The second-order valence-electron chi connectivity index (χ2n) is 3.71. The topological polar surface area (TPSA) is 94.9 Å². The predicted molar refractivity (Wildman–Crippen MR) is 52.8 cm³/mol. The van der Waals surface area contributed by atoms with Crippen molar-refractivity contribution in [1.29, 1.82) is 0 Å². The highest BCUT2D eigenvalue weighted by atomic mass is 32.2. The Hall–Kier alpha value is -0.660. The maximum Gasteiger partial charge on any atom is 0.336 e. The van der Waals surface area contributed by atoms with Gasteiger partial charge < -0.3 is 5.11 Å². The summed E-state index contributed by atoms with van der Waals surface area (Å²) < 4.78 is 31.6. The molecular weight excluding hydrogens is 222 g/mol.